The summed E-state index contributed by atoms with van der Waals surface area (Å²) in [4.78, 5) is 22.9. The molecule has 1 aromatic rings. The molecule has 6 heteroatoms. The van der Waals surface area contributed by atoms with Gasteiger partial charge in [-0.3, -0.25) is 9.59 Å². The van der Waals surface area contributed by atoms with Crippen LogP contribution in [0.2, 0.25) is 0 Å². The van der Waals surface area contributed by atoms with Crippen LogP contribution in [-0.4, -0.2) is 29.1 Å². The Morgan fingerprint density at radius 3 is 2.28 bits per heavy atom. The molecule has 6 nitrogen and oxygen atoms in total. The molecule has 6 N–H and O–H groups in total. The van der Waals surface area contributed by atoms with E-state index in [1.165, 1.54) is 6.92 Å². The van der Waals surface area contributed by atoms with Crippen molar-refractivity contribution >= 4 is 11.8 Å². The van der Waals surface area contributed by atoms with E-state index >= 15 is 0 Å². The maximum atomic E-state index is 11.8. The summed E-state index contributed by atoms with van der Waals surface area (Å²) in [6, 6.07) is 6.65. The largest absolute Gasteiger partial charge is 0.391 e. The van der Waals surface area contributed by atoms with Crippen molar-refractivity contribution in [3.05, 3.63) is 35.9 Å². The third kappa shape index (κ3) is 3.54. The lowest BCUT2D eigenvalue weighted by Crippen LogP contribution is -2.52. The third-order valence-electron chi connectivity index (χ3n) is 2.53. The lowest BCUT2D eigenvalue weighted by molar-refractivity contribution is -0.130. The highest BCUT2D eigenvalue weighted by atomic mass is 16.3. The van der Waals surface area contributed by atoms with E-state index in [0.29, 0.717) is 5.56 Å². The Labute approximate surface area is 105 Å². The Hall–Kier alpha value is -1.92. The fourth-order valence-electron chi connectivity index (χ4n) is 1.48. The molecule has 0 aliphatic rings. The van der Waals surface area contributed by atoms with Crippen LogP contribution in [0.4, 0.5) is 0 Å². The van der Waals surface area contributed by atoms with Gasteiger partial charge in [-0.2, -0.15) is 0 Å². The maximum absolute atomic E-state index is 11.8. The van der Waals surface area contributed by atoms with Gasteiger partial charge in [-0.05, 0) is 12.5 Å². The molecule has 98 valence electrons. The second-order valence-electron chi connectivity index (χ2n) is 4.02. The summed E-state index contributed by atoms with van der Waals surface area (Å²) in [5.74, 6) is -1.37. The van der Waals surface area contributed by atoms with Gasteiger partial charge >= 0.3 is 0 Å². The normalized spacial score (nSPS) is 15.5. The van der Waals surface area contributed by atoms with Crippen molar-refractivity contribution in [2.75, 3.05) is 0 Å². The molecule has 0 aromatic heterocycles. The molecule has 1 rings (SSSR count). The van der Waals surface area contributed by atoms with Gasteiger partial charge in [0, 0.05) is 0 Å². The SMILES string of the molecule is CC(O)C(NC(=O)C(N)c1ccccc1)C(N)=O. The first-order valence-corrected chi connectivity index (χ1v) is 5.51. The van der Waals surface area contributed by atoms with E-state index in [4.69, 9.17) is 11.5 Å². The Balaban J connectivity index is 2.73. The molecular formula is C12H17N3O3. The summed E-state index contributed by atoms with van der Waals surface area (Å²) in [5, 5.41) is 11.7. The Morgan fingerprint density at radius 1 is 1.28 bits per heavy atom. The molecule has 0 heterocycles. The van der Waals surface area contributed by atoms with Crippen molar-refractivity contribution in [2.45, 2.75) is 25.1 Å². The van der Waals surface area contributed by atoms with E-state index in [1.54, 1.807) is 30.3 Å². The van der Waals surface area contributed by atoms with Crippen molar-refractivity contribution in [3.63, 3.8) is 0 Å². The molecule has 0 radical (unpaired) electrons. The van der Waals surface area contributed by atoms with Crippen molar-refractivity contribution in [2.24, 2.45) is 11.5 Å². The maximum Gasteiger partial charge on any atom is 0.242 e. The number of aliphatic hydroxyl groups excluding tert-OH is 1. The zero-order valence-electron chi connectivity index (χ0n) is 10.0. The third-order valence-corrected chi connectivity index (χ3v) is 2.53. The highest BCUT2D eigenvalue weighted by Crippen LogP contribution is 2.09. The van der Waals surface area contributed by atoms with E-state index < -0.39 is 30.0 Å². The van der Waals surface area contributed by atoms with Crippen molar-refractivity contribution < 1.29 is 14.7 Å². The van der Waals surface area contributed by atoms with Gasteiger partial charge in [0.25, 0.3) is 0 Å². The predicted octanol–water partition coefficient (Wildman–Crippen LogP) is -0.963. The smallest absolute Gasteiger partial charge is 0.242 e. The van der Waals surface area contributed by atoms with Gasteiger partial charge in [0.2, 0.25) is 11.8 Å². The minimum absolute atomic E-state index is 0.564. The van der Waals surface area contributed by atoms with Gasteiger partial charge in [0.05, 0.1) is 6.10 Å². The number of rotatable bonds is 5. The topological polar surface area (TPSA) is 118 Å². The highest BCUT2D eigenvalue weighted by molar-refractivity contribution is 5.89. The molecule has 3 atom stereocenters. The number of carbonyl (C=O) groups excluding carboxylic acids is 2. The molecule has 3 unspecified atom stereocenters. The summed E-state index contributed by atoms with van der Waals surface area (Å²) in [5.41, 5.74) is 11.4. The first-order chi connectivity index (χ1) is 8.43. The van der Waals surface area contributed by atoms with Gasteiger partial charge < -0.3 is 21.9 Å². The van der Waals surface area contributed by atoms with Crippen molar-refractivity contribution in [1.29, 1.82) is 0 Å². The number of carbonyl (C=O) groups is 2. The fraction of sp³-hybridized carbons (Fsp3) is 0.333. The van der Waals surface area contributed by atoms with E-state index in [-0.39, 0.29) is 0 Å². The molecule has 0 saturated heterocycles. The molecular weight excluding hydrogens is 234 g/mol. The van der Waals surface area contributed by atoms with Crippen LogP contribution in [0, 0.1) is 0 Å². The van der Waals surface area contributed by atoms with Crippen LogP contribution in [-0.2, 0) is 9.59 Å². The Morgan fingerprint density at radius 2 is 1.83 bits per heavy atom. The molecule has 0 fully saturated rings. The summed E-state index contributed by atoms with van der Waals surface area (Å²) in [6.07, 6.45) is -1.07. The standard InChI is InChI=1S/C12H17N3O3/c1-7(16)10(11(14)17)15-12(18)9(13)8-5-3-2-4-6-8/h2-7,9-10,16H,13H2,1H3,(H2,14,17)(H,15,18). The highest BCUT2D eigenvalue weighted by Gasteiger charge is 2.26. The number of benzene rings is 1. The number of nitrogens with one attached hydrogen (secondary N) is 1. The second-order valence-corrected chi connectivity index (χ2v) is 4.02. The second kappa shape index (κ2) is 6.13. The number of amides is 2. The average molecular weight is 251 g/mol. The average Bonchev–Trinajstić information content (AvgIpc) is 2.35. The van der Waals surface area contributed by atoms with Gasteiger partial charge in [0.15, 0.2) is 0 Å². The van der Waals surface area contributed by atoms with Crippen molar-refractivity contribution in [1.82, 2.24) is 5.32 Å². The van der Waals surface area contributed by atoms with Crippen LogP contribution < -0.4 is 16.8 Å². The van der Waals surface area contributed by atoms with Crippen LogP contribution in [0.25, 0.3) is 0 Å². The molecule has 0 saturated carbocycles. The minimum Gasteiger partial charge on any atom is -0.391 e. The summed E-state index contributed by atoms with van der Waals surface area (Å²) >= 11 is 0. The molecule has 1 aromatic carbocycles. The molecule has 18 heavy (non-hydrogen) atoms. The molecule has 0 bridgehead atoms. The fourth-order valence-corrected chi connectivity index (χ4v) is 1.48. The monoisotopic (exact) mass is 251 g/mol. The molecule has 2 amide bonds. The summed E-state index contributed by atoms with van der Waals surface area (Å²) < 4.78 is 0. The van der Waals surface area contributed by atoms with E-state index in [9.17, 15) is 14.7 Å². The van der Waals surface area contributed by atoms with E-state index in [1.807, 2.05) is 0 Å². The van der Waals surface area contributed by atoms with Crippen LogP contribution in [0.3, 0.4) is 0 Å². The van der Waals surface area contributed by atoms with Crippen LogP contribution >= 0.6 is 0 Å². The predicted molar refractivity (Wildman–Crippen MR) is 66.2 cm³/mol. The number of hydrogen-bond acceptors (Lipinski definition) is 4. The first kappa shape index (κ1) is 14.1. The number of hydrogen-bond donors (Lipinski definition) is 4. The lowest BCUT2D eigenvalue weighted by atomic mass is 10.1. The van der Waals surface area contributed by atoms with Gasteiger partial charge in [-0.15, -0.1) is 0 Å². The van der Waals surface area contributed by atoms with E-state index in [0.717, 1.165) is 0 Å². The zero-order chi connectivity index (χ0) is 13.7. The van der Waals surface area contributed by atoms with Gasteiger partial charge in [0.1, 0.15) is 12.1 Å². The number of nitrogens with two attached hydrogens (primary N) is 2. The van der Waals surface area contributed by atoms with Crippen molar-refractivity contribution in [3.8, 4) is 0 Å². The number of aliphatic hydroxyl groups is 1. The number of primary amides is 1. The first-order valence-electron chi connectivity index (χ1n) is 5.51. The molecule has 0 spiro atoms. The van der Waals surface area contributed by atoms with Crippen LogP contribution in [0.1, 0.15) is 18.5 Å². The molecule has 0 aliphatic heterocycles. The Bertz CT molecular complexity index is 420. The zero-order valence-corrected chi connectivity index (χ0v) is 10.0. The molecule has 0 aliphatic carbocycles. The van der Waals surface area contributed by atoms with Crippen LogP contribution in [0.5, 0.6) is 0 Å². The Kier molecular flexibility index (Phi) is 4.82. The summed E-state index contributed by atoms with van der Waals surface area (Å²) in [7, 11) is 0. The van der Waals surface area contributed by atoms with E-state index in [2.05, 4.69) is 5.32 Å². The minimum atomic E-state index is -1.15. The lowest BCUT2D eigenvalue weighted by Gasteiger charge is -2.20. The van der Waals surface area contributed by atoms with Gasteiger partial charge in [-0.1, -0.05) is 30.3 Å². The quantitative estimate of drug-likeness (QED) is 0.538. The van der Waals surface area contributed by atoms with Crippen LogP contribution in [0.15, 0.2) is 30.3 Å². The van der Waals surface area contributed by atoms with Gasteiger partial charge in [-0.25, -0.2) is 0 Å². The summed E-state index contributed by atoms with van der Waals surface area (Å²) in [6.45, 7) is 1.36.